The molecule has 1 fully saturated rings. The number of piperazine rings is 1. The summed E-state index contributed by atoms with van der Waals surface area (Å²) in [7, 11) is 0. The summed E-state index contributed by atoms with van der Waals surface area (Å²) in [5, 5.41) is 4.08. The third-order valence-corrected chi connectivity index (χ3v) is 4.07. The highest BCUT2D eigenvalue weighted by Gasteiger charge is 2.23. The first-order valence-electron chi connectivity index (χ1n) is 7.93. The Hall–Kier alpha value is -3.36. The molecule has 3 aromatic rings. The van der Waals surface area contributed by atoms with Crippen LogP contribution in [0.2, 0.25) is 0 Å². The molecule has 9 heteroatoms. The molecule has 0 saturated carbocycles. The lowest BCUT2D eigenvalue weighted by molar-refractivity contribution is 0.0740. The van der Waals surface area contributed by atoms with Crippen molar-refractivity contribution in [2.75, 3.05) is 31.1 Å². The van der Waals surface area contributed by atoms with Crippen LogP contribution in [0.25, 0.3) is 5.82 Å². The summed E-state index contributed by atoms with van der Waals surface area (Å²) in [6.07, 6.45) is 6.20. The fourth-order valence-corrected chi connectivity index (χ4v) is 2.75. The molecule has 0 bridgehead atoms. The van der Waals surface area contributed by atoms with E-state index in [1.807, 2.05) is 17.0 Å². The Morgan fingerprint density at radius 3 is 2.52 bits per heavy atom. The molecule has 25 heavy (non-hydrogen) atoms. The van der Waals surface area contributed by atoms with Gasteiger partial charge >= 0.3 is 0 Å². The monoisotopic (exact) mass is 336 g/mol. The van der Waals surface area contributed by atoms with Crippen molar-refractivity contribution in [3.8, 4) is 5.82 Å². The molecule has 0 spiro atoms. The van der Waals surface area contributed by atoms with Crippen molar-refractivity contribution < 1.29 is 4.79 Å². The summed E-state index contributed by atoms with van der Waals surface area (Å²) >= 11 is 0. The van der Waals surface area contributed by atoms with Gasteiger partial charge in [0.1, 0.15) is 30.5 Å². The zero-order valence-electron chi connectivity index (χ0n) is 13.4. The number of hydrogen-bond acceptors (Lipinski definition) is 7. The minimum Gasteiger partial charge on any atom is -0.353 e. The van der Waals surface area contributed by atoms with Crippen molar-refractivity contribution in [2.45, 2.75) is 0 Å². The van der Waals surface area contributed by atoms with Gasteiger partial charge in [-0.3, -0.25) is 9.78 Å². The van der Waals surface area contributed by atoms with E-state index >= 15 is 0 Å². The Balaban J connectivity index is 1.44. The molecule has 0 unspecified atom stereocenters. The van der Waals surface area contributed by atoms with Crippen LogP contribution in [0.3, 0.4) is 0 Å². The lowest BCUT2D eigenvalue weighted by Gasteiger charge is -2.35. The fourth-order valence-electron chi connectivity index (χ4n) is 2.75. The lowest BCUT2D eigenvalue weighted by Crippen LogP contribution is -2.49. The van der Waals surface area contributed by atoms with Crippen molar-refractivity contribution in [2.24, 2.45) is 0 Å². The van der Waals surface area contributed by atoms with E-state index in [0.717, 1.165) is 5.82 Å². The molecule has 1 amide bonds. The summed E-state index contributed by atoms with van der Waals surface area (Å²) < 4.78 is 1.59. The molecule has 0 aliphatic carbocycles. The van der Waals surface area contributed by atoms with Gasteiger partial charge < -0.3 is 9.80 Å². The Morgan fingerprint density at radius 1 is 0.960 bits per heavy atom. The average Bonchev–Trinajstić information content (AvgIpc) is 3.23. The zero-order valence-corrected chi connectivity index (χ0v) is 13.4. The number of carbonyl (C=O) groups excluding carboxylic acids is 1. The highest BCUT2D eigenvalue weighted by atomic mass is 16.2. The van der Waals surface area contributed by atoms with Gasteiger partial charge in [-0.05, 0) is 12.1 Å². The van der Waals surface area contributed by atoms with E-state index in [1.54, 1.807) is 29.3 Å². The average molecular weight is 336 g/mol. The first-order valence-corrected chi connectivity index (χ1v) is 7.93. The number of nitrogens with zero attached hydrogens (tertiary/aromatic N) is 8. The molecular weight excluding hydrogens is 320 g/mol. The molecule has 9 nitrogen and oxygen atoms in total. The van der Waals surface area contributed by atoms with Crippen LogP contribution in [0.15, 0.2) is 49.4 Å². The fraction of sp³-hybridized carbons (Fsp3) is 0.250. The molecule has 1 aliphatic rings. The van der Waals surface area contributed by atoms with Crippen LogP contribution in [0.4, 0.5) is 5.82 Å². The van der Waals surface area contributed by atoms with Crippen LogP contribution in [0, 0.1) is 0 Å². The molecule has 1 aliphatic heterocycles. The van der Waals surface area contributed by atoms with E-state index in [4.69, 9.17) is 0 Å². The maximum atomic E-state index is 12.5. The van der Waals surface area contributed by atoms with E-state index in [0.29, 0.717) is 37.7 Å². The molecule has 126 valence electrons. The minimum absolute atomic E-state index is 0.0359. The quantitative estimate of drug-likeness (QED) is 0.684. The standard InChI is InChI=1S/C16H16N8O/c25-16(13-3-1-2-4-18-13)23-7-5-22(6-8-23)14-9-15(20-11-19-14)24-12-17-10-21-24/h1-4,9-12H,5-8H2. The van der Waals surface area contributed by atoms with Crippen LogP contribution in [-0.4, -0.2) is 66.7 Å². The van der Waals surface area contributed by atoms with Gasteiger partial charge in [0.05, 0.1) is 0 Å². The molecule has 4 rings (SSSR count). The van der Waals surface area contributed by atoms with Crippen LogP contribution >= 0.6 is 0 Å². The van der Waals surface area contributed by atoms with Crippen LogP contribution in [0.1, 0.15) is 10.5 Å². The summed E-state index contributed by atoms with van der Waals surface area (Å²) in [5.74, 6) is 1.44. The van der Waals surface area contributed by atoms with Gasteiger partial charge in [-0.1, -0.05) is 6.07 Å². The molecular formula is C16H16N8O. The van der Waals surface area contributed by atoms with E-state index in [9.17, 15) is 4.79 Å². The Labute approximate surface area is 144 Å². The third-order valence-electron chi connectivity index (χ3n) is 4.07. The molecule has 3 aromatic heterocycles. The minimum atomic E-state index is -0.0359. The normalized spacial score (nSPS) is 14.6. The van der Waals surface area contributed by atoms with Gasteiger partial charge in [-0.15, -0.1) is 0 Å². The van der Waals surface area contributed by atoms with Crippen molar-refractivity contribution in [3.05, 3.63) is 55.1 Å². The number of aromatic nitrogens is 6. The molecule has 4 heterocycles. The third kappa shape index (κ3) is 3.16. The molecule has 0 aromatic carbocycles. The van der Waals surface area contributed by atoms with Gasteiger partial charge in [0.15, 0.2) is 5.82 Å². The Morgan fingerprint density at radius 2 is 1.80 bits per heavy atom. The second-order valence-electron chi connectivity index (χ2n) is 5.57. The number of hydrogen-bond donors (Lipinski definition) is 0. The second kappa shape index (κ2) is 6.63. The van der Waals surface area contributed by atoms with Crippen molar-refractivity contribution >= 4 is 11.7 Å². The van der Waals surface area contributed by atoms with E-state index < -0.39 is 0 Å². The SMILES string of the molecule is O=C(c1ccccn1)N1CCN(c2cc(-n3cncn3)ncn2)CC1. The summed E-state index contributed by atoms with van der Waals surface area (Å²) in [4.78, 5) is 33.0. The number of carbonyl (C=O) groups is 1. The van der Waals surface area contributed by atoms with Crippen molar-refractivity contribution in [1.82, 2.24) is 34.6 Å². The maximum Gasteiger partial charge on any atom is 0.272 e. The maximum absolute atomic E-state index is 12.5. The van der Waals surface area contributed by atoms with Gasteiger partial charge in [-0.2, -0.15) is 5.10 Å². The van der Waals surface area contributed by atoms with E-state index in [-0.39, 0.29) is 5.91 Å². The van der Waals surface area contributed by atoms with Gasteiger partial charge in [0, 0.05) is 38.4 Å². The van der Waals surface area contributed by atoms with Crippen LogP contribution in [0.5, 0.6) is 0 Å². The van der Waals surface area contributed by atoms with Crippen LogP contribution < -0.4 is 4.90 Å². The van der Waals surface area contributed by atoms with Gasteiger partial charge in [0.25, 0.3) is 5.91 Å². The van der Waals surface area contributed by atoms with Crippen molar-refractivity contribution in [1.29, 1.82) is 0 Å². The predicted molar refractivity (Wildman–Crippen MR) is 89.3 cm³/mol. The number of pyridine rings is 1. The highest BCUT2D eigenvalue weighted by molar-refractivity contribution is 5.92. The lowest BCUT2D eigenvalue weighted by atomic mass is 10.2. The summed E-state index contributed by atoms with van der Waals surface area (Å²) in [6.45, 7) is 2.65. The number of anilines is 1. The Bertz CT molecular complexity index is 844. The number of amides is 1. The first kappa shape index (κ1) is 15.2. The number of rotatable bonds is 3. The van der Waals surface area contributed by atoms with E-state index in [1.165, 1.54) is 12.7 Å². The largest absolute Gasteiger partial charge is 0.353 e. The van der Waals surface area contributed by atoms with Gasteiger partial charge in [-0.25, -0.2) is 19.6 Å². The highest BCUT2D eigenvalue weighted by Crippen LogP contribution is 2.16. The molecule has 1 saturated heterocycles. The Kier molecular flexibility index (Phi) is 4.03. The van der Waals surface area contributed by atoms with E-state index in [2.05, 4.69) is 29.9 Å². The smallest absolute Gasteiger partial charge is 0.272 e. The van der Waals surface area contributed by atoms with Crippen molar-refractivity contribution in [3.63, 3.8) is 0 Å². The second-order valence-corrected chi connectivity index (χ2v) is 5.57. The predicted octanol–water partition coefficient (Wildman–Crippen LogP) is 0.415. The first-order chi connectivity index (χ1) is 12.3. The topological polar surface area (TPSA) is 92.9 Å². The summed E-state index contributed by atoms with van der Waals surface area (Å²) in [6, 6.07) is 7.23. The van der Waals surface area contributed by atoms with Crippen LogP contribution in [-0.2, 0) is 0 Å². The van der Waals surface area contributed by atoms with Gasteiger partial charge in [0.2, 0.25) is 0 Å². The molecule has 0 atom stereocenters. The molecule has 0 N–H and O–H groups in total. The zero-order chi connectivity index (χ0) is 17.1. The molecule has 0 radical (unpaired) electrons. The summed E-state index contributed by atoms with van der Waals surface area (Å²) in [5.41, 5.74) is 0.478.